The number of carboxylic acids is 1. The molecule has 0 aromatic carbocycles. The van der Waals surface area contributed by atoms with E-state index in [2.05, 4.69) is 0 Å². The van der Waals surface area contributed by atoms with Crippen LogP contribution in [0.2, 0.25) is 0 Å². The minimum absolute atomic E-state index is 0.0716. The predicted octanol–water partition coefficient (Wildman–Crippen LogP) is 1.46. The lowest BCUT2D eigenvalue weighted by Gasteiger charge is -2.40. The molecule has 21 heavy (non-hydrogen) atoms. The summed E-state index contributed by atoms with van der Waals surface area (Å²) in [5.41, 5.74) is 0. The summed E-state index contributed by atoms with van der Waals surface area (Å²) < 4.78 is 0. The Morgan fingerprint density at radius 2 is 1.71 bits per heavy atom. The van der Waals surface area contributed by atoms with E-state index in [4.69, 9.17) is 5.11 Å². The summed E-state index contributed by atoms with van der Waals surface area (Å²) in [5.74, 6) is -0.799. The minimum Gasteiger partial charge on any atom is -0.480 e. The Bertz CT molecular complexity index is 361. The molecule has 1 aliphatic heterocycles. The van der Waals surface area contributed by atoms with Crippen LogP contribution in [0.1, 0.15) is 39.0 Å². The van der Waals surface area contributed by atoms with Crippen molar-refractivity contribution >= 4 is 12.0 Å². The molecule has 6 nitrogen and oxygen atoms in total. The summed E-state index contributed by atoms with van der Waals surface area (Å²) in [7, 11) is 0. The van der Waals surface area contributed by atoms with E-state index >= 15 is 0 Å². The van der Waals surface area contributed by atoms with E-state index in [1.807, 2.05) is 21.6 Å². The Hall–Kier alpha value is -1.30. The van der Waals surface area contributed by atoms with Crippen molar-refractivity contribution in [3.05, 3.63) is 0 Å². The van der Waals surface area contributed by atoms with Crippen LogP contribution >= 0.6 is 0 Å². The molecule has 0 unspecified atom stereocenters. The third-order valence-corrected chi connectivity index (χ3v) is 4.60. The first kappa shape index (κ1) is 16.1. The molecule has 1 saturated heterocycles. The first-order valence-corrected chi connectivity index (χ1v) is 8.11. The van der Waals surface area contributed by atoms with Gasteiger partial charge in [0, 0.05) is 38.8 Å². The normalized spacial score (nSPS) is 21.3. The van der Waals surface area contributed by atoms with Crippen LogP contribution in [-0.4, -0.2) is 77.1 Å². The van der Waals surface area contributed by atoms with E-state index < -0.39 is 5.97 Å². The molecule has 0 aromatic heterocycles. The lowest BCUT2D eigenvalue weighted by molar-refractivity contribution is -0.138. The quantitative estimate of drug-likeness (QED) is 0.853. The summed E-state index contributed by atoms with van der Waals surface area (Å²) in [6.07, 6.45) is 5.98. The highest BCUT2D eigenvalue weighted by Crippen LogP contribution is 2.23. The molecule has 1 heterocycles. The van der Waals surface area contributed by atoms with Gasteiger partial charge in [-0.05, 0) is 19.8 Å². The number of hydrogen-bond acceptors (Lipinski definition) is 3. The first-order chi connectivity index (χ1) is 10.1. The molecule has 2 fully saturated rings. The molecule has 0 spiro atoms. The summed E-state index contributed by atoms with van der Waals surface area (Å²) in [6, 6.07) is 0.535. The van der Waals surface area contributed by atoms with Crippen LogP contribution in [0.25, 0.3) is 0 Å². The second-order valence-electron chi connectivity index (χ2n) is 6.02. The smallest absolute Gasteiger partial charge is 0.320 e. The molecule has 0 aromatic rings. The van der Waals surface area contributed by atoms with Gasteiger partial charge in [-0.2, -0.15) is 0 Å². The number of carbonyl (C=O) groups is 2. The lowest BCUT2D eigenvalue weighted by Crippen LogP contribution is -2.55. The first-order valence-electron chi connectivity index (χ1n) is 8.11. The fourth-order valence-electron chi connectivity index (χ4n) is 3.41. The van der Waals surface area contributed by atoms with Gasteiger partial charge >= 0.3 is 12.0 Å². The van der Waals surface area contributed by atoms with Crippen molar-refractivity contribution in [3.8, 4) is 0 Å². The summed E-state index contributed by atoms with van der Waals surface area (Å²) in [6.45, 7) is 5.46. The van der Waals surface area contributed by atoms with Crippen LogP contribution in [0.15, 0.2) is 0 Å². The van der Waals surface area contributed by atoms with E-state index in [1.54, 1.807) is 0 Å². The monoisotopic (exact) mass is 297 g/mol. The van der Waals surface area contributed by atoms with E-state index in [9.17, 15) is 9.59 Å². The Morgan fingerprint density at radius 1 is 1.10 bits per heavy atom. The summed E-state index contributed by atoms with van der Waals surface area (Å²) >= 11 is 0. The summed E-state index contributed by atoms with van der Waals surface area (Å²) in [5, 5.41) is 8.81. The van der Waals surface area contributed by atoms with E-state index in [-0.39, 0.29) is 12.6 Å². The van der Waals surface area contributed by atoms with Gasteiger partial charge in [0.1, 0.15) is 0 Å². The zero-order valence-corrected chi connectivity index (χ0v) is 13.0. The Morgan fingerprint density at radius 3 is 2.24 bits per heavy atom. The van der Waals surface area contributed by atoms with Crippen molar-refractivity contribution in [2.24, 2.45) is 0 Å². The van der Waals surface area contributed by atoms with Crippen LogP contribution in [0.3, 0.4) is 0 Å². The molecule has 0 radical (unpaired) electrons. The number of piperazine rings is 1. The molecular weight excluding hydrogens is 270 g/mol. The Balaban J connectivity index is 1.85. The maximum Gasteiger partial charge on any atom is 0.320 e. The molecule has 0 bridgehead atoms. The summed E-state index contributed by atoms with van der Waals surface area (Å²) in [4.78, 5) is 29.2. The average molecular weight is 297 g/mol. The van der Waals surface area contributed by atoms with Gasteiger partial charge in [-0.15, -0.1) is 0 Å². The van der Waals surface area contributed by atoms with E-state index in [0.29, 0.717) is 32.2 Å². The highest BCUT2D eigenvalue weighted by Gasteiger charge is 2.29. The highest BCUT2D eigenvalue weighted by molar-refractivity contribution is 5.75. The fourth-order valence-corrected chi connectivity index (χ4v) is 3.41. The van der Waals surface area contributed by atoms with Crippen molar-refractivity contribution in [1.82, 2.24) is 14.7 Å². The van der Waals surface area contributed by atoms with Crippen molar-refractivity contribution in [1.29, 1.82) is 0 Å². The second-order valence-corrected chi connectivity index (χ2v) is 6.02. The molecular formula is C15H27N3O3. The Labute approximate surface area is 126 Å². The van der Waals surface area contributed by atoms with Gasteiger partial charge in [-0.3, -0.25) is 9.69 Å². The van der Waals surface area contributed by atoms with Crippen LogP contribution in [0.4, 0.5) is 4.79 Å². The van der Waals surface area contributed by atoms with Crippen LogP contribution in [-0.2, 0) is 4.79 Å². The number of rotatable bonds is 4. The largest absolute Gasteiger partial charge is 0.480 e. The topological polar surface area (TPSA) is 64.1 Å². The third kappa shape index (κ3) is 4.33. The second kappa shape index (κ2) is 7.64. The van der Waals surface area contributed by atoms with Gasteiger partial charge in [0.2, 0.25) is 0 Å². The van der Waals surface area contributed by atoms with E-state index in [1.165, 1.54) is 19.3 Å². The molecule has 0 atom stereocenters. The number of urea groups is 1. The van der Waals surface area contributed by atoms with E-state index in [0.717, 1.165) is 19.4 Å². The number of carboxylic acid groups (broad SMARTS) is 1. The number of hydrogen-bond donors (Lipinski definition) is 1. The van der Waals surface area contributed by atoms with Crippen molar-refractivity contribution in [2.75, 3.05) is 39.3 Å². The number of amides is 2. The zero-order valence-electron chi connectivity index (χ0n) is 13.0. The molecule has 120 valence electrons. The lowest BCUT2D eigenvalue weighted by atomic mass is 9.94. The SMILES string of the molecule is CCN(C(=O)N1CCN(CC(=O)O)CC1)C1CCCCC1. The third-order valence-electron chi connectivity index (χ3n) is 4.60. The number of carbonyl (C=O) groups excluding carboxylic acids is 1. The van der Waals surface area contributed by atoms with Crippen LogP contribution in [0.5, 0.6) is 0 Å². The van der Waals surface area contributed by atoms with Gasteiger partial charge in [0.15, 0.2) is 0 Å². The molecule has 2 rings (SSSR count). The number of aliphatic carboxylic acids is 1. The highest BCUT2D eigenvalue weighted by atomic mass is 16.4. The number of nitrogens with zero attached hydrogens (tertiary/aromatic N) is 3. The predicted molar refractivity (Wildman–Crippen MR) is 80.3 cm³/mol. The maximum absolute atomic E-state index is 12.7. The molecule has 1 saturated carbocycles. The molecule has 6 heteroatoms. The molecule has 1 aliphatic carbocycles. The van der Waals surface area contributed by atoms with Gasteiger partial charge in [0.05, 0.1) is 6.54 Å². The zero-order chi connectivity index (χ0) is 15.2. The molecule has 1 N–H and O–H groups in total. The Kier molecular flexibility index (Phi) is 5.85. The van der Waals surface area contributed by atoms with Crippen LogP contribution in [0, 0.1) is 0 Å². The standard InChI is InChI=1S/C15H27N3O3/c1-2-18(13-6-4-3-5-7-13)15(21)17-10-8-16(9-11-17)12-14(19)20/h13H,2-12H2,1H3,(H,19,20). The minimum atomic E-state index is -0.799. The van der Waals surface area contributed by atoms with Gasteiger partial charge in [-0.25, -0.2) is 4.79 Å². The van der Waals surface area contributed by atoms with Crippen molar-refractivity contribution in [2.45, 2.75) is 45.1 Å². The maximum atomic E-state index is 12.7. The van der Waals surface area contributed by atoms with Gasteiger partial charge < -0.3 is 14.9 Å². The van der Waals surface area contributed by atoms with Crippen LogP contribution < -0.4 is 0 Å². The van der Waals surface area contributed by atoms with Gasteiger partial charge in [0.25, 0.3) is 0 Å². The van der Waals surface area contributed by atoms with Crippen molar-refractivity contribution in [3.63, 3.8) is 0 Å². The molecule has 2 amide bonds. The van der Waals surface area contributed by atoms with Crippen molar-refractivity contribution < 1.29 is 14.7 Å². The molecule has 2 aliphatic rings. The fraction of sp³-hybridized carbons (Fsp3) is 0.867. The average Bonchev–Trinajstić information content (AvgIpc) is 2.49. The van der Waals surface area contributed by atoms with Gasteiger partial charge in [-0.1, -0.05) is 19.3 Å².